The quantitative estimate of drug-likeness (QED) is 0.488. The van der Waals surface area contributed by atoms with Crippen molar-refractivity contribution in [3.63, 3.8) is 0 Å². The SMILES string of the molecule is CC[C@@H](C)[C@H](NC(=O)COC(=O)/C=C/c1c(C)nn(-c2ccccc2)c1C)C(=O)OC. The lowest BCUT2D eigenvalue weighted by atomic mass is 9.99. The number of nitrogens with zero attached hydrogens (tertiary/aromatic N) is 2. The maximum atomic E-state index is 12.1. The van der Waals surface area contributed by atoms with E-state index < -0.39 is 30.5 Å². The number of hydrogen-bond donors (Lipinski definition) is 1. The molecule has 0 aliphatic heterocycles. The number of benzene rings is 1. The molecule has 0 fully saturated rings. The number of aryl methyl sites for hydroxylation is 1. The molecule has 31 heavy (non-hydrogen) atoms. The summed E-state index contributed by atoms with van der Waals surface area (Å²) in [6.45, 7) is 7.01. The summed E-state index contributed by atoms with van der Waals surface area (Å²) >= 11 is 0. The van der Waals surface area contributed by atoms with Crippen LogP contribution in [0.4, 0.5) is 0 Å². The van der Waals surface area contributed by atoms with Crippen LogP contribution in [0.15, 0.2) is 36.4 Å². The molecule has 8 nitrogen and oxygen atoms in total. The van der Waals surface area contributed by atoms with Crippen molar-refractivity contribution in [3.05, 3.63) is 53.4 Å². The van der Waals surface area contributed by atoms with E-state index in [0.29, 0.717) is 6.42 Å². The monoisotopic (exact) mass is 427 g/mol. The molecule has 2 aromatic rings. The van der Waals surface area contributed by atoms with Gasteiger partial charge in [-0.25, -0.2) is 14.3 Å². The van der Waals surface area contributed by atoms with Gasteiger partial charge in [0, 0.05) is 17.3 Å². The first-order chi connectivity index (χ1) is 14.8. The molecule has 2 atom stereocenters. The summed E-state index contributed by atoms with van der Waals surface area (Å²) in [5, 5.41) is 7.08. The van der Waals surface area contributed by atoms with Crippen molar-refractivity contribution in [2.75, 3.05) is 13.7 Å². The summed E-state index contributed by atoms with van der Waals surface area (Å²) in [6, 6.07) is 8.89. The number of carbonyl (C=O) groups excluding carboxylic acids is 3. The van der Waals surface area contributed by atoms with E-state index >= 15 is 0 Å². The number of esters is 2. The molecule has 0 aliphatic rings. The summed E-state index contributed by atoms with van der Waals surface area (Å²) in [7, 11) is 1.26. The van der Waals surface area contributed by atoms with Crippen LogP contribution in [-0.2, 0) is 23.9 Å². The second kappa shape index (κ2) is 11.1. The maximum Gasteiger partial charge on any atom is 0.331 e. The van der Waals surface area contributed by atoms with Gasteiger partial charge in [0.25, 0.3) is 5.91 Å². The molecule has 166 valence electrons. The van der Waals surface area contributed by atoms with Gasteiger partial charge in [-0.2, -0.15) is 5.10 Å². The van der Waals surface area contributed by atoms with E-state index in [9.17, 15) is 14.4 Å². The van der Waals surface area contributed by atoms with Crippen molar-refractivity contribution in [3.8, 4) is 5.69 Å². The number of hydrogen-bond acceptors (Lipinski definition) is 6. The van der Waals surface area contributed by atoms with E-state index in [1.165, 1.54) is 13.2 Å². The Bertz CT molecular complexity index is 950. The highest BCUT2D eigenvalue weighted by molar-refractivity contribution is 5.90. The second-order valence-electron chi connectivity index (χ2n) is 7.23. The van der Waals surface area contributed by atoms with Gasteiger partial charge >= 0.3 is 11.9 Å². The van der Waals surface area contributed by atoms with Gasteiger partial charge in [0.05, 0.1) is 18.5 Å². The molecule has 0 radical (unpaired) electrons. The Morgan fingerprint density at radius 2 is 1.87 bits per heavy atom. The molecule has 1 aromatic carbocycles. The fourth-order valence-electron chi connectivity index (χ4n) is 3.06. The van der Waals surface area contributed by atoms with Gasteiger partial charge in [-0.3, -0.25) is 4.79 Å². The Balaban J connectivity index is 1.98. The van der Waals surface area contributed by atoms with Crippen LogP contribution in [0.3, 0.4) is 0 Å². The van der Waals surface area contributed by atoms with Crippen LogP contribution in [0, 0.1) is 19.8 Å². The highest BCUT2D eigenvalue weighted by Gasteiger charge is 2.26. The summed E-state index contributed by atoms with van der Waals surface area (Å²) in [6.07, 6.45) is 3.55. The van der Waals surface area contributed by atoms with Crippen LogP contribution in [0.25, 0.3) is 11.8 Å². The topological polar surface area (TPSA) is 99.5 Å². The Kier molecular flexibility index (Phi) is 8.54. The van der Waals surface area contributed by atoms with E-state index in [4.69, 9.17) is 9.47 Å². The fourth-order valence-corrected chi connectivity index (χ4v) is 3.06. The average Bonchev–Trinajstić information content (AvgIpc) is 3.07. The maximum absolute atomic E-state index is 12.1. The molecule has 1 N–H and O–H groups in total. The van der Waals surface area contributed by atoms with Gasteiger partial charge in [0.1, 0.15) is 6.04 Å². The zero-order valence-electron chi connectivity index (χ0n) is 18.5. The minimum Gasteiger partial charge on any atom is -0.467 e. The lowest BCUT2D eigenvalue weighted by Gasteiger charge is -2.21. The highest BCUT2D eigenvalue weighted by Crippen LogP contribution is 2.19. The molecule has 2 rings (SSSR count). The van der Waals surface area contributed by atoms with E-state index in [0.717, 1.165) is 22.6 Å². The van der Waals surface area contributed by atoms with Crippen LogP contribution in [0.5, 0.6) is 0 Å². The molecule has 0 bridgehead atoms. The molecule has 0 saturated carbocycles. The number of ether oxygens (including phenoxy) is 2. The minimum absolute atomic E-state index is 0.112. The molecule has 1 amide bonds. The molecular formula is C23H29N3O5. The Labute approximate surface area is 182 Å². The molecule has 0 saturated heterocycles. The van der Waals surface area contributed by atoms with Crippen LogP contribution in [0.2, 0.25) is 0 Å². The molecule has 1 aromatic heterocycles. The van der Waals surface area contributed by atoms with E-state index in [2.05, 4.69) is 10.4 Å². The van der Waals surface area contributed by atoms with Crippen molar-refractivity contribution in [2.24, 2.45) is 5.92 Å². The smallest absolute Gasteiger partial charge is 0.331 e. The molecule has 0 unspecified atom stereocenters. The second-order valence-corrected chi connectivity index (χ2v) is 7.23. The van der Waals surface area contributed by atoms with Crippen LogP contribution < -0.4 is 5.32 Å². The predicted octanol–water partition coefficient (Wildman–Crippen LogP) is 2.75. The first-order valence-corrected chi connectivity index (χ1v) is 10.1. The summed E-state index contributed by atoms with van der Waals surface area (Å²) < 4.78 is 11.5. The van der Waals surface area contributed by atoms with Gasteiger partial charge in [0.2, 0.25) is 0 Å². The summed E-state index contributed by atoms with van der Waals surface area (Å²) in [5.74, 6) is -1.88. The van der Waals surface area contributed by atoms with Crippen molar-refractivity contribution >= 4 is 23.9 Å². The normalized spacial score (nSPS) is 12.9. The Morgan fingerprint density at radius 3 is 2.48 bits per heavy atom. The predicted molar refractivity (Wildman–Crippen MR) is 116 cm³/mol. The molecule has 1 heterocycles. The van der Waals surface area contributed by atoms with Gasteiger partial charge in [-0.1, -0.05) is 38.5 Å². The number of rotatable bonds is 9. The van der Waals surface area contributed by atoms with E-state index in [1.807, 2.05) is 58.0 Å². The molecule has 8 heteroatoms. The van der Waals surface area contributed by atoms with Crippen LogP contribution in [-0.4, -0.2) is 47.4 Å². The van der Waals surface area contributed by atoms with Crippen molar-refractivity contribution in [2.45, 2.75) is 40.2 Å². The largest absolute Gasteiger partial charge is 0.467 e. The van der Waals surface area contributed by atoms with E-state index in [1.54, 1.807) is 10.8 Å². The van der Waals surface area contributed by atoms with Crippen LogP contribution in [0.1, 0.15) is 37.2 Å². The lowest BCUT2D eigenvalue weighted by Crippen LogP contribution is -2.47. The number of nitrogens with one attached hydrogen (secondary N) is 1. The summed E-state index contributed by atoms with van der Waals surface area (Å²) in [5.41, 5.74) is 3.36. The third-order valence-electron chi connectivity index (χ3n) is 5.06. The lowest BCUT2D eigenvalue weighted by molar-refractivity contribution is -0.148. The van der Waals surface area contributed by atoms with Crippen molar-refractivity contribution in [1.82, 2.24) is 15.1 Å². The van der Waals surface area contributed by atoms with Gasteiger partial charge in [0.15, 0.2) is 6.61 Å². The van der Waals surface area contributed by atoms with Crippen molar-refractivity contribution in [1.29, 1.82) is 0 Å². The Hall–Kier alpha value is -3.42. The number of aromatic nitrogens is 2. The number of para-hydroxylation sites is 1. The molecule has 0 spiro atoms. The highest BCUT2D eigenvalue weighted by atomic mass is 16.5. The number of carbonyl (C=O) groups is 3. The Morgan fingerprint density at radius 1 is 1.19 bits per heavy atom. The van der Waals surface area contributed by atoms with Gasteiger partial charge in [-0.15, -0.1) is 0 Å². The molecular weight excluding hydrogens is 398 g/mol. The van der Waals surface area contributed by atoms with Crippen molar-refractivity contribution < 1.29 is 23.9 Å². The zero-order chi connectivity index (χ0) is 23.0. The third-order valence-corrected chi connectivity index (χ3v) is 5.06. The number of amides is 1. The fraction of sp³-hybridized carbons (Fsp3) is 0.391. The first kappa shape index (κ1) is 23.9. The third kappa shape index (κ3) is 6.28. The summed E-state index contributed by atoms with van der Waals surface area (Å²) in [4.78, 5) is 36.0. The van der Waals surface area contributed by atoms with Crippen LogP contribution >= 0.6 is 0 Å². The zero-order valence-corrected chi connectivity index (χ0v) is 18.5. The minimum atomic E-state index is -0.786. The molecule has 0 aliphatic carbocycles. The van der Waals surface area contributed by atoms with Gasteiger partial charge in [-0.05, 0) is 38.0 Å². The first-order valence-electron chi connectivity index (χ1n) is 10.1. The average molecular weight is 428 g/mol. The van der Waals surface area contributed by atoms with Gasteiger partial charge < -0.3 is 14.8 Å². The number of methoxy groups -OCH3 is 1. The van der Waals surface area contributed by atoms with E-state index in [-0.39, 0.29) is 5.92 Å². The standard InChI is InChI=1S/C23H29N3O5/c1-6-15(2)22(23(29)30-5)24-20(27)14-31-21(28)13-12-19-16(3)25-26(17(19)4)18-10-8-7-9-11-18/h7-13,15,22H,6,14H2,1-5H3,(H,24,27)/b13-12+/t15-,22+/m1/s1.